The van der Waals surface area contributed by atoms with Crippen LogP contribution in [0.4, 0.5) is 0 Å². The van der Waals surface area contributed by atoms with Gasteiger partial charge in [-0.2, -0.15) is 0 Å². The number of carbonyl (C=O) groups is 1. The summed E-state index contributed by atoms with van der Waals surface area (Å²) in [5.74, 6) is 1.57. The summed E-state index contributed by atoms with van der Waals surface area (Å²) in [5.41, 5.74) is 0. The Morgan fingerprint density at radius 2 is 2.19 bits per heavy atom. The van der Waals surface area contributed by atoms with E-state index in [2.05, 4.69) is 27.4 Å². The van der Waals surface area contributed by atoms with E-state index >= 15 is 0 Å². The van der Waals surface area contributed by atoms with E-state index in [0.29, 0.717) is 19.0 Å². The van der Waals surface area contributed by atoms with Gasteiger partial charge in [0.15, 0.2) is 5.96 Å². The van der Waals surface area contributed by atoms with Crippen molar-refractivity contribution in [2.45, 2.75) is 27.2 Å². The second-order valence-corrected chi connectivity index (χ2v) is 5.79. The number of nitrogens with one attached hydrogen (secondary N) is 2. The third-order valence-corrected chi connectivity index (χ3v) is 3.45. The van der Waals surface area contributed by atoms with E-state index in [9.17, 15) is 4.79 Å². The Balaban J connectivity index is 2.38. The molecule has 1 atom stereocenters. The van der Waals surface area contributed by atoms with Crippen LogP contribution in [0.25, 0.3) is 0 Å². The zero-order chi connectivity index (χ0) is 15.7. The molecule has 6 nitrogen and oxygen atoms in total. The van der Waals surface area contributed by atoms with Crippen LogP contribution in [-0.2, 0) is 9.53 Å². The highest BCUT2D eigenvalue weighted by Crippen LogP contribution is 2.13. The van der Waals surface area contributed by atoms with Crippen LogP contribution >= 0.6 is 0 Å². The molecule has 0 aliphatic carbocycles. The van der Waals surface area contributed by atoms with Gasteiger partial charge in [0.25, 0.3) is 0 Å². The fourth-order valence-electron chi connectivity index (χ4n) is 2.22. The zero-order valence-electron chi connectivity index (χ0n) is 13.8. The topological polar surface area (TPSA) is 66.0 Å². The molecular formula is C15H30N4O2. The maximum absolute atomic E-state index is 11.5. The summed E-state index contributed by atoms with van der Waals surface area (Å²) < 4.78 is 5.41. The first-order valence-corrected chi connectivity index (χ1v) is 7.89. The number of aliphatic imine (C=N–C) groups is 1. The van der Waals surface area contributed by atoms with Crippen molar-refractivity contribution in [1.29, 1.82) is 0 Å². The molecule has 122 valence electrons. The predicted octanol–water partition coefficient (Wildman–Crippen LogP) is 0.692. The highest BCUT2D eigenvalue weighted by Gasteiger charge is 2.18. The molecule has 1 amide bonds. The van der Waals surface area contributed by atoms with Crippen molar-refractivity contribution < 1.29 is 9.53 Å². The number of amides is 1. The molecule has 6 heteroatoms. The second kappa shape index (κ2) is 9.60. The summed E-state index contributed by atoms with van der Waals surface area (Å²) in [4.78, 5) is 18.2. The molecule has 2 N–H and O–H groups in total. The highest BCUT2D eigenvalue weighted by atomic mass is 16.5. The van der Waals surface area contributed by atoms with Gasteiger partial charge in [-0.15, -0.1) is 0 Å². The van der Waals surface area contributed by atoms with E-state index < -0.39 is 0 Å². The van der Waals surface area contributed by atoms with Crippen LogP contribution in [0.2, 0.25) is 0 Å². The molecule has 0 saturated carbocycles. The van der Waals surface area contributed by atoms with Crippen molar-refractivity contribution >= 4 is 11.9 Å². The third-order valence-electron chi connectivity index (χ3n) is 3.45. The fourth-order valence-corrected chi connectivity index (χ4v) is 2.22. The van der Waals surface area contributed by atoms with Gasteiger partial charge < -0.3 is 20.3 Å². The molecule has 0 aromatic rings. The van der Waals surface area contributed by atoms with E-state index in [-0.39, 0.29) is 11.8 Å². The SMILES string of the molecule is CCNC(=NCCNC(=O)C(C)C)N(C)CC1CCOC1. The molecule has 0 radical (unpaired) electrons. The van der Waals surface area contributed by atoms with Crippen molar-refractivity contribution in [1.82, 2.24) is 15.5 Å². The van der Waals surface area contributed by atoms with Crippen molar-refractivity contribution in [3.8, 4) is 0 Å². The summed E-state index contributed by atoms with van der Waals surface area (Å²) >= 11 is 0. The lowest BCUT2D eigenvalue weighted by atomic mass is 10.1. The minimum atomic E-state index is 0.0206. The molecule has 0 bridgehead atoms. The molecule has 0 spiro atoms. The third kappa shape index (κ3) is 6.80. The van der Waals surface area contributed by atoms with Gasteiger partial charge in [-0.25, -0.2) is 0 Å². The lowest BCUT2D eigenvalue weighted by Gasteiger charge is -2.24. The monoisotopic (exact) mass is 298 g/mol. The smallest absolute Gasteiger partial charge is 0.222 e. The molecule has 1 aliphatic rings. The van der Waals surface area contributed by atoms with Gasteiger partial charge in [-0.05, 0) is 13.3 Å². The van der Waals surface area contributed by atoms with E-state index in [4.69, 9.17) is 4.74 Å². The Morgan fingerprint density at radius 3 is 2.76 bits per heavy atom. The number of rotatable bonds is 7. The van der Waals surface area contributed by atoms with Gasteiger partial charge >= 0.3 is 0 Å². The summed E-state index contributed by atoms with van der Waals surface area (Å²) in [5, 5.41) is 6.17. The van der Waals surface area contributed by atoms with Gasteiger partial charge in [0, 0.05) is 45.1 Å². The average Bonchev–Trinajstić information content (AvgIpc) is 2.94. The van der Waals surface area contributed by atoms with Crippen LogP contribution in [-0.4, -0.2) is 63.2 Å². The minimum Gasteiger partial charge on any atom is -0.381 e. The predicted molar refractivity (Wildman–Crippen MR) is 85.4 cm³/mol. The molecule has 1 heterocycles. The van der Waals surface area contributed by atoms with Crippen molar-refractivity contribution in [3.63, 3.8) is 0 Å². The van der Waals surface area contributed by atoms with Crippen LogP contribution in [0.1, 0.15) is 27.2 Å². The van der Waals surface area contributed by atoms with Gasteiger partial charge in [0.2, 0.25) is 5.91 Å². The summed E-state index contributed by atoms with van der Waals surface area (Å²) in [6, 6.07) is 0. The first-order chi connectivity index (χ1) is 10.0. The summed E-state index contributed by atoms with van der Waals surface area (Å²) in [7, 11) is 2.05. The molecular weight excluding hydrogens is 268 g/mol. The van der Waals surface area contributed by atoms with Gasteiger partial charge in [0.05, 0.1) is 13.2 Å². The first-order valence-electron chi connectivity index (χ1n) is 7.89. The van der Waals surface area contributed by atoms with E-state index in [0.717, 1.165) is 38.7 Å². The maximum Gasteiger partial charge on any atom is 0.222 e. The van der Waals surface area contributed by atoms with Crippen LogP contribution in [0.5, 0.6) is 0 Å². The lowest BCUT2D eigenvalue weighted by Crippen LogP contribution is -2.42. The van der Waals surface area contributed by atoms with E-state index in [1.807, 2.05) is 20.9 Å². The normalized spacial score (nSPS) is 18.9. The minimum absolute atomic E-state index is 0.0206. The number of ether oxygens (including phenoxy) is 1. The average molecular weight is 298 g/mol. The molecule has 1 saturated heterocycles. The summed E-state index contributed by atoms with van der Waals surface area (Å²) in [6.07, 6.45) is 1.12. The van der Waals surface area contributed by atoms with Crippen molar-refractivity contribution in [2.24, 2.45) is 16.8 Å². The quantitative estimate of drug-likeness (QED) is 0.412. The molecule has 0 aromatic heterocycles. The largest absolute Gasteiger partial charge is 0.381 e. The van der Waals surface area contributed by atoms with Crippen molar-refractivity contribution in [2.75, 3.05) is 46.4 Å². The molecule has 1 unspecified atom stereocenters. The molecule has 21 heavy (non-hydrogen) atoms. The first kappa shape index (κ1) is 17.8. The Labute approximate surface area is 128 Å². The van der Waals surface area contributed by atoms with Crippen molar-refractivity contribution in [3.05, 3.63) is 0 Å². The number of hydrogen-bond acceptors (Lipinski definition) is 3. The maximum atomic E-state index is 11.5. The molecule has 1 fully saturated rings. The van der Waals surface area contributed by atoms with Crippen LogP contribution in [0.3, 0.4) is 0 Å². The second-order valence-electron chi connectivity index (χ2n) is 5.79. The Kier molecular flexibility index (Phi) is 8.12. The van der Waals surface area contributed by atoms with Crippen LogP contribution < -0.4 is 10.6 Å². The number of guanidine groups is 1. The number of carbonyl (C=O) groups excluding carboxylic acids is 1. The standard InChI is InChI=1S/C15H30N4O2/c1-5-16-15(18-8-7-17-14(20)12(2)3)19(4)10-13-6-9-21-11-13/h12-13H,5-11H2,1-4H3,(H,16,18)(H,17,20). The number of hydrogen-bond donors (Lipinski definition) is 2. The van der Waals surface area contributed by atoms with E-state index in [1.165, 1.54) is 0 Å². The zero-order valence-corrected chi connectivity index (χ0v) is 13.8. The van der Waals surface area contributed by atoms with Gasteiger partial charge in [0.1, 0.15) is 0 Å². The summed E-state index contributed by atoms with van der Waals surface area (Å²) in [6.45, 7) is 10.5. The van der Waals surface area contributed by atoms with Crippen LogP contribution in [0, 0.1) is 11.8 Å². The lowest BCUT2D eigenvalue weighted by molar-refractivity contribution is -0.123. The molecule has 1 aliphatic heterocycles. The van der Waals surface area contributed by atoms with E-state index in [1.54, 1.807) is 0 Å². The van der Waals surface area contributed by atoms with Gasteiger partial charge in [-0.1, -0.05) is 13.8 Å². The molecule has 1 rings (SSSR count). The molecule has 0 aromatic carbocycles. The van der Waals surface area contributed by atoms with Crippen LogP contribution in [0.15, 0.2) is 4.99 Å². The highest BCUT2D eigenvalue weighted by molar-refractivity contribution is 5.80. The number of nitrogens with zero attached hydrogens (tertiary/aromatic N) is 2. The Morgan fingerprint density at radius 1 is 1.43 bits per heavy atom. The Hall–Kier alpha value is -1.30. The fraction of sp³-hybridized carbons (Fsp3) is 0.867. The van der Waals surface area contributed by atoms with Gasteiger partial charge in [-0.3, -0.25) is 9.79 Å². The Bertz CT molecular complexity index is 339.